The zero-order valence-electron chi connectivity index (χ0n) is 14.3. The van der Waals surface area contributed by atoms with Gasteiger partial charge in [-0.15, -0.1) is 0 Å². The minimum Gasteiger partial charge on any atom is -0.381 e. The zero-order chi connectivity index (χ0) is 16.7. The highest BCUT2D eigenvalue weighted by Crippen LogP contribution is 2.25. The molecule has 5 heteroatoms. The summed E-state index contributed by atoms with van der Waals surface area (Å²) in [6.45, 7) is 6.25. The van der Waals surface area contributed by atoms with E-state index in [9.17, 15) is 4.79 Å². The Balaban J connectivity index is 2.02. The molecule has 1 aromatic carbocycles. The third-order valence-electron chi connectivity index (χ3n) is 4.60. The van der Waals surface area contributed by atoms with Gasteiger partial charge >= 0.3 is 0 Å². The van der Waals surface area contributed by atoms with E-state index in [1.807, 2.05) is 19.2 Å². The fraction of sp³-hybridized carbons (Fsp3) is 0.611. The summed E-state index contributed by atoms with van der Waals surface area (Å²) in [5, 5.41) is 6.87. The van der Waals surface area contributed by atoms with E-state index < -0.39 is 0 Å². The minimum absolute atomic E-state index is 0.0153. The van der Waals surface area contributed by atoms with Gasteiger partial charge in [-0.25, -0.2) is 0 Å². The van der Waals surface area contributed by atoms with Crippen molar-refractivity contribution in [3.63, 3.8) is 0 Å². The smallest absolute Gasteiger partial charge is 0.232 e. The lowest BCUT2D eigenvalue weighted by Gasteiger charge is -2.40. The second-order valence-corrected chi connectivity index (χ2v) is 7.44. The number of rotatable bonds is 7. The first-order chi connectivity index (χ1) is 11.1. The van der Waals surface area contributed by atoms with Crippen LogP contribution in [0.3, 0.4) is 0 Å². The van der Waals surface area contributed by atoms with Crippen LogP contribution in [0.25, 0.3) is 0 Å². The van der Waals surface area contributed by atoms with Crippen molar-refractivity contribution >= 4 is 17.7 Å². The van der Waals surface area contributed by atoms with E-state index in [-0.39, 0.29) is 22.7 Å². The van der Waals surface area contributed by atoms with Crippen LogP contribution in [0, 0.1) is 0 Å². The predicted octanol–water partition coefficient (Wildman–Crippen LogP) is 2.75. The average molecular weight is 337 g/mol. The van der Waals surface area contributed by atoms with Crippen molar-refractivity contribution in [2.75, 3.05) is 26.0 Å². The van der Waals surface area contributed by atoms with E-state index in [2.05, 4.69) is 41.8 Å². The number of hydrogen-bond acceptors (Lipinski definition) is 4. The molecule has 0 radical (unpaired) electrons. The Kier molecular flexibility index (Phi) is 6.93. The van der Waals surface area contributed by atoms with Gasteiger partial charge in [0.05, 0.1) is 5.25 Å². The maximum atomic E-state index is 12.1. The molecule has 2 N–H and O–H groups in total. The lowest BCUT2D eigenvalue weighted by atomic mass is 9.88. The molecule has 4 nitrogen and oxygen atoms in total. The van der Waals surface area contributed by atoms with Crippen LogP contribution in [-0.4, -0.2) is 42.7 Å². The second-order valence-electron chi connectivity index (χ2n) is 6.27. The number of hydrogen-bond donors (Lipinski definition) is 2. The molecule has 0 spiro atoms. The first-order valence-corrected chi connectivity index (χ1v) is 9.56. The number of ether oxygens (including phenoxy) is 1. The summed E-state index contributed by atoms with van der Waals surface area (Å²) in [6, 6.07) is 10.7. The average Bonchev–Trinajstić information content (AvgIpc) is 2.60. The van der Waals surface area contributed by atoms with E-state index in [1.165, 1.54) is 5.56 Å². The molecule has 1 aromatic rings. The van der Waals surface area contributed by atoms with Crippen molar-refractivity contribution in [1.29, 1.82) is 0 Å². The molecular formula is C18H28N2O2S. The van der Waals surface area contributed by atoms with Crippen molar-refractivity contribution in [1.82, 2.24) is 10.6 Å². The van der Waals surface area contributed by atoms with Crippen molar-refractivity contribution in [3.05, 3.63) is 35.9 Å². The van der Waals surface area contributed by atoms with Crippen LogP contribution in [0.2, 0.25) is 0 Å². The van der Waals surface area contributed by atoms with Gasteiger partial charge in [0.1, 0.15) is 0 Å². The Morgan fingerprint density at radius 2 is 1.91 bits per heavy atom. The van der Waals surface area contributed by atoms with Crippen molar-refractivity contribution in [2.24, 2.45) is 0 Å². The van der Waals surface area contributed by atoms with E-state index in [0.29, 0.717) is 6.54 Å². The molecule has 1 aliphatic heterocycles. The summed E-state index contributed by atoms with van der Waals surface area (Å²) in [4.78, 5) is 12.1. The topological polar surface area (TPSA) is 50.4 Å². The van der Waals surface area contributed by atoms with Gasteiger partial charge in [-0.2, -0.15) is 11.8 Å². The summed E-state index contributed by atoms with van der Waals surface area (Å²) in [6.07, 6.45) is 3.79. The first kappa shape index (κ1) is 18.3. The normalized spacial score (nSPS) is 19.8. The lowest BCUT2D eigenvalue weighted by Crippen LogP contribution is -2.57. The number of amides is 1. The third kappa shape index (κ3) is 5.23. The molecule has 0 bridgehead atoms. The summed E-state index contributed by atoms with van der Waals surface area (Å²) in [7, 11) is 0. The SMILES string of the molecule is CS[C@@H](C)C(=O)NCC1(N[C@@H](C)c2ccccc2)CCOCC1. The molecule has 2 rings (SSSR count). The highest BCUT2D eigenvalue weighted by molar-refractivity contribution is 7.99. The Bertz CT molecular complexity index is 489. The van der Waals surface area contributed by atoms with Crippen molar-refractivity contribution in [3.8, 4) is 0 Å². The Morgan fingerprint density at radius 1 is 1.26 bits per heavy atom. The molecule has 1 heterocycles. The Morgan fingerprint density at radius 3 is 2.52 bits per heavy atom. The number of thioether (sulfide) groups is 1. The van der Waals surface area contributed by atoms with Crippen LogP contribution in [0.15, 0.2) is 30.3 Å². The first-order valence-electron chi connectivity index (χ1n) is 8.27. The Hall–Kier alpha value is -1.04. The molecule has 0 unspecified atom stereocenters. The number of nitrogens with one attached hydrogen (secondary N) is 2. The quantitative estimate of drug-likeness (QED) is 0.804. The van der Waals surface area contributed by atoms with Crippen molar-refractivity contribution in [2.45, 2.75) is 43.5 Å². The predicted molar refractivity (Wildman–Crippen MR) is 96.8 cm³/mol. The van der Waals surface area contributed by atoms with Crippen molar-refractivity contribution < 1.29 is 9.53 Å². The molecule has 0 aliphatic carbocycles. The van der Waals surface area contributed by atoms with Gasteiger partial charge in [0.15, 0.2) is 0 Å². The molecular weight excluding hydrogens is 308 g/mol. The molecule has 2 atom stereocenters. The van der Waals surface area contributed by atoms with Gasteiger partial charge in [0, 0.05) is 31.3 Å². The molecule has 0 saturated carbocycles. The fourth-order valence-corrected chi connectivity index (χ4v) is 3.22. The number of benzene rings is 1. The van der Waals surface area contributed by atoms with Gasteiger partial charge in [0.2, 0.25) is 5.91 Å². The highest BCUT2D eigenvalue weighted by atomic mass is 32.2. The summed E-state index contributed by atoms with van der Waals surface area (Å²) >= 11 is 1.57. The Labute approximate surface area is 143 Å². The maximum absolute atomic E-state index is 12.1. The van der Waals surface area contributed by atoms with Gasteiger partial charge in [-0.05, 0) is 38.5 Å². The standard InChI is InChI=1S/C18H28N2O2S/c1-14(16-7-5-4-6-8-16)20-18(9-11-22-12-10-18)13-19-17(21)15(2)23-3/h4-8,14-15,20H,9-13H2,1-3H3,(H,19,21)/t14-,15-/m0/s1. The van der Waals surface area contributed by atoms with Gasteiger partial charge in [-0.3, -0.25) is 4.79 Å². The fourth-order valence-electron chi connectivity index (χ4n) is 2.93. The number of carbonyl (C=O) groups excluding carboxylic acids is 1. The molecule has 1 saturated heterocycles. The van der Waals surface area contributed by atoms with E-state index in [4.69, 9.17) is 4.74 Å². The van der Waals surface area contributed by atoms with Crippen LogP contribution in [0.4, 0.5) is 0 Å². The summed E-state index contributed by atoms with van der Waals surface area (Å²) in [5.41, 5.74) is 1.17. The minimum atomic E-state index is -0.0959. The third-order valence-corrected chi connectivity index (χ3v) is 5.52. The molecule has 23 heavy (non-hydrogen) atoms. The monoisotopic (exact) mass is 336 g/mol. The highest BCUT2D eigenvalue weighted by Gasteiger charge is 2.34. The van der Waals surface area contributed by atoms with E-state index >= 15 is 0 Å². The van der Waals surface area contributed by atoms with E-state index in [1.54, 1.807) is 11.8 Å². The molecule has 128 valence electrons. The van der Waals surface area contributed by atoms with Gasteiger partial charge < -0.3 is 15.4 Å². The number of carbonyl (C=O) groups is 1. The molecule has 0 aromatic heterocycles. The zero-order valence-corrected chi connectivity index (χ0v) is 15.1. The molecule has 1 amide bonds. The van der Waals surface area contributed by atoms with Gasteiger partial charge in [0.25, 0.3) is 0 Å². The summed E-state index contributed by atoms with van der Waals surface area (Å²) < 4.78 is 5.53. The van der Waals surface area contributed by atoms with Crippen LogP contribution >= 0.6 is 11.8 Å². The molecule has 1 fully saturated rings. The summed E-state index contributed by atoms with van der Waals surface area (Å²) in [5.74, 6) is 0.109. The van der Waals surface area contributed by atoms with Gasteiger partial charge in [-0.1, -0.05) is 30.3 Å². The largest absolute Gasteiger partial charge is 0.381 e. The molecule has 1 aliphatic rings. The van der Waals surface area contributed by atoms with Crippen LogP contribution in [0.5, 0.6) is 0 Å². The second kappa shape index (κ2) is 8.71. The van der Waals surface area contributed by atoms with Crippen LogP contribution < -0.4 is 10.6 Å². The van der Waals surface area contributed by atoms with E-state index in [0.717, 1.165) is 26.1 Å². The lowest BCUT2D eigenvalue weighted by molar-refractivity contribution is -0.120. The van der Waals surface area contributed by atoms with Crippen LogP contribution in [0.1, 0.15) is 38.3 Å². The maximum Gasteiger partial charge on any atom is 0.232 e. The van der Waals surface area contributed by atoms with Crippen LogP contribution in [-0.2, 0) is 9.53 Å².